The molecule has 20 heteroatoms. The van der Waals surface area contributed by atoms with Crippen LogP contribution in [0.4, 0.5) is 35.1 Å². The summed E-state index contributed by atoms with van der Waals surface area (Å²) >= 11 is 19.4. The van der Waals surface area contributed by atoms with Gasteiger partial charge >= 0.3 is 12.4 Å². The molecule has 0 N–H and O–H groups in total. The Bertz CT molecular complexity index is 2500. The van der Waals surface area contributed by atoms with Gasteiger partial charge in [0.15, 0.2) is 11.4 Å². The average molecular weight is 873 g/mol. The first-order valence-corrected chi connectivity index (χ1v) is 19.1. The first kappa shape index (κ1) is 41.5. The van der Waals surface area contributed by atoms with Crippen molar-refractivity contribution >= 4 is 34.8 Å². The molecule has 58 heavy (non-hydrogen) atoms. The first-order chi connectivity index (χ1) is 27.2. The molecule has 1 aliphatic rings. The number of aromatic nitrogens is 9. The molecule has 1 aliphatic carbocycles. The van der Waals surface area contributed by atoms with Crippen LogP contribution in [0, 0.1) is 11.6 Å². The van der Waals surface area contributed by atoms with Gasteiger partial charge in [0.2, 0.25) is 0 Å². The lowest BCUT2D eigenvalue weighted by atomic mass is 9.85. The number of benzene rings is 3. The highest BCUT2D eigenvalue weighted by Gasteiger charge is 2.37. The van der Waals surface area contributed by atoms with Crippen LogP contribution in [0.1, 0.15) is 109 Å². The average Bonchev–Trinajstić information content (AvgIpc) is 3.49. The Morgan fingerprint density at radius 1 is 0.655 bits per heavy atom. The van der Waals surface area contributed by atoms with Gasteiger partial charge in [-0.2, -0.15) is 26.3 Å². The lowest BCUT2D eigenvalue weighted by molar-refractivity contribution is -0.142. The molecule has 1 fully saturated rings. The second-order valence-corrected chi connectivity index (χ2v) is 16.0. The van der Waals surface area contributed by atoms with Crippen molar-refractivity contribution in [2.45, 2.75) is 89.4 Å². The van der Waals surface area contributed by atoms with Gasteiger partial charge < -0.3 is 0 Å². The van der Waals surface area contributed by atoms with Gasteiger partial charge in [0.1, 0.15) is 11.6 Å². The number of nitrogens with zero attached hydrogens (tertiary/aromatic N) is 9. The van der Waals surface area contributed by atoms with Gasteiger partial charge in [-0.15, -0.1) is 15.3 Å². The standard InChI is InChI=1S/C38H32Cl3F8N9/c1-17(2)31-34(43)26(41)12-22(36(31)57-14-27(50-53-57)20-5-6-20)9-18(3)24-13-23(39)11-21(35(24)58-16-30(52-55-58)38(47,48)49)10-19(4)32-28(8-7-25(40)33(32)42)56-15-29(51-54-56)37(44,45)46/h7-8,11-20H,5-6,9-10H2,1-4H3. The van der Waals surface area contributed by atoms with E-state index in [1.54, 1.807) is 26.1 Å². The Morgan fingerprint density at radius 3 is 1.81 bits per heavy atom. The molecule has 0 radical (unpaired) electrons. The molecule has 0 amide bonds. The maximum atomic E-state index is 16.0. The van der Waals surface area contributed by atoms with Crippen molar-refractivity contribution in [3.63, 3.8) is 0 Å². The molecule has 2 atom stereocenters. The van der Waals surface area contributed by atoms with E-state index in [0.717, 1.165) is 34.0 Å². The monoisotopic (exact) mass is 871 g/mol. The number of alkyl halides is 6. The lowest BCUT2D eigenvalue weighted by Gasteiger charge is -2.25. The van der Waals surface area contributed by atoms with E-state index in [1.165, 1.54) is 22.9 Å². The van der Waals surface area contributed by atoms with Crippen LogP contribution >= 0.6 is 34.8 Å². The number of hydrogen-bond acceptors (Lipinski definition) is 6. The van der Waals surface area contributed by atoms with Crippen LogP contribution in [-0.4, -0.2) is 45.0 Å². The zero-order valence-electron chi connectivity index (χ0n) is 30.9. The maximum absolute atomic E-state index is 16.0. The van der Waals surface area contributed by atoms with Crippen LogP contribution in [0.2, 0.25) is 15.1 Å². The summed E-state index contributed by atoms with van der Waals surface area (Å²) in [4.78, 5) is 0. The second kappa shape index (κ2) is 15.5. The van der Waals surface area contributed by atoms with Gasteiger partial charge in [-0.25, -0.2) is 22.8 Å². The van der Waals surface area contributed by atoms with Crippen LogP contribution in [0.5, 0.6) is 0 Å². The third-order valence-electron chi connectivity index (χ3n) is 10.0. The van der Waals surface area contributed by atoms with E-state index in [4.69, 9.17) is 34.8 Å². The SMILES string of the molecule is CC(C)c1c(F)c(Cl)cc(CC(C)c2cc(Cl)cc(CC(C)c3c(-n4cc(C(F)(F)F)nn4)ccc(Cl)c3F)c2-n2cc(C(F)(F)F)nn2)c1-n1cc(C2CC2)nn1. The van der Waals surface area contributed by atoms with E-state index in [0.29, 0.717) is 34.8 Å². The molecule has 3 aromatic heterocycles. The van der Waals surface area contributed by atoms with Crippen LogP contribution in [-0.2, 0) is 25.2 Å². The minimum absolute atomic E-state index is 0.102. The number of halogens is 11. The minimum atomic E-state index is -4.86. The Balaban J connectivity index is 1.36. The third kappa shape index (κ3) is 8.17. The Labute approximate surface area is 340 Å². The predicted octanol–water partition coefficient (Wildman–Crippen LogP) is 11.4. The molecule has 306 valence electrons. The lowest BCUT2D eigenvalue weighted by Crippen LogP contribution is -2.15. The molecule has 3 heterocycles. The molecule has 2 unspecified atom stereocenters. The summed E-state index contributed by atoms with van der Waals surface area (Å²) < 4.78 is 117. The molecule has 0 aliphatic heterocycles. The summed E-state index contributed by atoms with van der Waals surface area (Å²) in [7, 11) is 0. The quantitative estimate of drug-likeness (QED) is 0.120. The largest absolute Gasteiger partial charge is 0.436 e. The van der Waals surface area contributed by atoms with Crippen molar-refractivity contribution in [3.8, 4) is 17.1 Å². The first-order valence-electron chi connectivity index (χ1n) is 18.0. The van der Waals surface area contributed by atoms with E-state index in [1.807, 2.05) is 13.8 Å². The van der Waals surface area contributed by atoms with Gasteiger partial charge in [-0.3, -0.25) is 0 Å². The topological polar surface area (TPSA) is 92.1 Å². The molecule has 3 aromatic carbocycles. The predicted molar refractivity (Wildman–Crippen MR) is 199 cm³/mol. The molecule has 9 nitrogen and oxygen atoms in total. The summed E-state index contributed by atoms with van der Waals surface area (Å²) in [5.74, 6) is -3.18. The van der Waals surface area contributed by atoms with Gasteiger partial charge in [0.05, 0.1) is 51.4 Å². The summed E-state index contributed by atoms with van der Waals surface area (Å²) in [5, 5.41) is 22.3. The molecule has 6 aromatic rings. The third-order valence-corrected chi connectivity index (χ3v) is 10.8. The van der Waals surface area contributed by atoms with Gasteiger partial charge in [-0.05, 0) is 90.5 Å². The minimum Gasteiger partial charge on any atom is -0.220 e. The Morgan fingerprint density at radius 2 is 1.21 bits per heavy atom. The maximum Gasteiger partial charge on any atom is 0.436 e. The molecular weight excluding hydrogens is 841 g/mol. The zero-order chi connectivity index (χ0) is 42.0. The van der Waals surface area contributed by atoms with E-state index in [9.17, 15) is 26.3 Å². The van der Waals surface area contributed by atoms with E-state index >= 15 is 8.78 Å². The molecule has 0 spiro atoms. The van der Waals surface area contributed by atoms with Gasteiger partial charge in [0, 0.05) is 22.1 Å². The summed E-state index contributed by atoms with van der Waals surface area (Å²) in [5.41, 5.74) is -0.0186. The fourth-order valence-electron chi connectivity index (χ4n) is 7.20. The van der Waals surface area contributed by atoms with Crippen molar-refractivity contribution in [1.82, 2.24) is 45.0 Å². The fraction of sp³-hybridized carbons (Fsp3) is 0.368. The number of rotatable bonds is 11. The van der Waals surface area contributed by atoms with E-state index in [2.05, 4.69) is 30.9 Å². The molecule has 1 saturated carbocycles. The Kier molecular flexibility index (Phi) is 11.1. The highest BCUT2D eigenvalue weighted by atomic mass is 35.5. The van der Waals surface area contributed by atoms with Crippen molar-refractivity contribution in [2.75, 3.05) is 0 Å². The smallest absolute Gasteiger partial charge is 0.220 e. The molecular formula is C38H32Cl3F8N9. The van der Waals surface area contributed by atoms with Crippen LogP contribution in [0.15, 0.2) is 48.9 Å². The van der Waals surface area contributed by atoms with Crippen LogP contribution in [0.25, 0.3) is 17.1 Å². The molecule has 7 rings (SSSR count). The highest BCUT2D eigenvalue weighted by molar-refractivity contribution is 6.31. The summed E-state index contributed by atoms with van der Waals surface area (Å²) in [6, 6.07) is 6.95. The van der Waals surface area contributed by atoms with Crippen molar-refractivity contribution in [2.24, 2.45) is 0 Å². The van der Waals surface area contributed by atoms with Crippen molar-refractivity contribution in [1.29, 1.82) is 0 Å². The normalized spacial score (nSPS) is 14.8. The highest BCUT2D eigenvalue weighted by Crippen LogP contribution is 2.43. The summed E-state index contributed by atoms with van der Waals surface area (Å²) in [6.45, 7) is 6.96. The van der Waals surface area contributed by atoms with E-state index < -0.39 is 47.2 Å². The van der Waals surface area contributed by atoms with Crippen LogP contribution in [0.3, 0.4) is 0 Å². The number of hydrogen-bond donors (Lipinski definition) is 0. The van der Waals surface area contributed by atoms with Crippen molar-refractivity contribution < 1.29 is 35.1 Å². The van der Waals surface area contributed by atoms with Crippen LogP contribution < -0.4 is 0 Å². The van der Waals surface area contributed by atoms with Gasteiger partial charge in [0.25, 0.3) is 0 Å². The Hall–Kier alpha value is -4.61. The van der Waals surface area contributed by atoms with Gasteiger partial charge in [-0.1, -0.05) is 78.1 Å². The molecule has 0 saturated heterocycles. The van der Waals surface area contributed by atoms with E-state index in [-0.39, 0.29) is 62.2 Å². The van der Waals surface area contributed by atoms with Crippen molar-refractivity contribution in [3.05, 3.63) is 121 Å². The molecule has 0 bridgehead atoms. The summed E-state index contributed by atoms with van der Waals surface area (Å²) in [6.07, 6.45) is -4.73. The second-order valence-electron chi connectivity index (χ2n) is 14.7. The fourth-order valence-corrected chi connectivity index (χ4v) is 7.84. The zero-order valence-corrected chi connectivity index (χ0v) is 33.2.